The zero-order chi connectivity index (χ0) is 46.3. The number of nitrogens with two attached hydrogens (primary N) is 1. The average molecular weight is 880 g/mol. The van der Waals surface area contributed by atoms with Crippen molar-refractivity contribution < 1.29 is 38.2 Å². The molecule has 2 aromatic heterocycles. The quantitative estimate of drug-likeness (QED) is 0.0271. The molecule has 0 spiro atoms. The number of nitrogens with zero attached hydrogens (tertiary/aromatic N) is 5. The molecule has 2 aliphatic heterocycles. The number of anilines is 3. The van der Waals surface area contributed by atoms with Crippen LogP contribution in [-0.4, -0.2) is 114 Å². The number of imide groups is 2. The first-order chi connectivity index (χ1) is 30.8. The molecule has 5 atom stereocenters. The molecular formula is C47H61N9O8. The lowest BCUT2D eigenvalue weighted by molar-refractivity contribution is -0.136. The van der Waals surface area contributed by atoms with Crippen LogP contribution in [0.25, 0.3) is 17.5 Å². The largest absolute Gasteiger partial charge is 0.383 e. The number of rotatable bonds is 26. The van der Waals surface area contributed by atoms with Crippen LogP contribution in [0.1, 0.15) is 78.9 Å². The van der Waals surface area contributed by atoms with E-state index in [9.17, 15) is 24.0 Å². The summed E-state index contributed by atoms with van der Waals surface area (Å²) in [6, 6.07) is 7.51. The molecule has 0 radical (unpaired) electrons. The molecule has 5 rings (SSSR count). The summed E-state index contributed by atoms with van der Waals surface area (Å²) in [6.07, 6.45) is 11.0. The van der Waals surface area contributed by atoms with Gasteiger partial charge >= 0.3 is 0 Å². The summed E-state index contributed by atoms with van der Waals surface area (Å²) in [7, 11) is 1.92. The van der Waals surface area contributed by atoms with Crippen LogP contribution < -0.4 is 26.6 Å². The van der Waals surface area contributed by atoms with Gasteiger partial charge in [-0.3, -0.25) is 34.2 Å². The number of pyridine rings is 1. The van der Waals surface area contributed by atoms with Crippen molar-refractivity contribution in [2.24, 2.45) is 11.8 Å². The third-order valence-corrected chi connectivity index (χ3v) is 11.6. The lowest BCUT2D eigenvalue weighted by Gasteiger charge is -2.35. The Morgan fingerprint density at radius 2 is 1.69 bits per heavy atom. The van der Waals surface area contributed by atoms with Gasteiger partial charge in [0.25, 0.3) is 11.8 Å². The number of carbonyl (C=O) groups is 5. The Balaban J connectivity index is 1.07. The maximum absolute atomic E-state index is 13.4. The number of amides is 5. The van der Waals surface area contributed by atoms with E-state index in [1.807, 2.05) is 42.3 Å². The Bertz CT molecular complexity index is 2220. The standard InChI is InChI=1S/C47H61N9O8/c1-8-11-12-18-38(54(7)45-35(10-3)51-43(34-16-14-22-50-42(34)48)55(45)32(6)31(5)30(4)9-2)52-40(58)21-24-62-26-28-64-29-27-63-25-23-49-36-17-13-15-33-41(36)47(61)56(46(33)60)37-19-20-39(57)53-44(37)59/h8-17,22,30-32,37-38,49H,1-3,18-21,23-29H2,4-7H3,(H2,48,50)(H,52,58)(H,53,57,59)/b12-11-/t30?,31-,32+,37?,38?/m1/s1. The number of aromatic nitrogens is 3. The minimum Gasteiger partial charge on any atom is -0.383 e. The Kier molecular flexibility index (Phi) is 17.7. The number of nitrogens with one attached hydrogen (secondary N) is 3. The second-order valence-corrected chi connectivity index (χ2v) is 15.6. The smallest absolute Gasteiger partial charge is 0.264 e. The number of benzene rings is 1. The van der Waals surface area contributed by atoms with Crippen LogP contribution in [0.2, 0.25) is 0 Å². The molecule has 0 aliphatic carbocycles. The minimum atomic E-state index is -1.04. The molecule has 64 heavy (non-hydrogen) atoms. The van der Waals surface area contributed by atoms with E-state index < -0.39 is 35.8 Å². The van der Waals surface area contributed by atoms with E-state index >= 15 is 0 Å². The zero-order valence-corrected chi connectivity index (χ0v) is 37.2. The SMILES string of the molecule is C=C/C=C\CC(NC(=O)CCOCCOCCOCCNc1cccc2c1C(=O)N(C1CCC(=O)NC1=O)C2=O)N(C)c1c(C=C)nc(-c2cccnc2N)n1[C@@H](C)[C@H](C)C(C)C=C. The highest BCUT2D eigenvalue weighted by atomic mass is 16.5. The van der Waals surface area contributed by atoms with Gasteiger partial charge in [0.1, 0.15) is 35.4 Å². The van der Waals surface area contributed by atoms with E-state index in [1.165, 1.54) is 0 Å². The molecule has 1 fully saturated rings. The van der Waals surface area contributed by atoms with Crippen LogP contribution in [0.3, 0.4) is 0 Å². The Morgan fingerprint density at radius 3 is 2.36 bits per heavy atom. The highest BCUT2D eigenvalue weighted by Gasteiger charge is 2.45. The van der Waals surface area contributed by atoms with Gasteiger partial charge < -0.3 is 40.0 Å². The van der Waals surface area contributed by atoms with Gasteiger partial charge in [0.15, 0.2) is 0 Å². The van der Waals surface area contributed by atoms with Crippen molar-refractivity contribution in [1.29, 1.82) is 0 Å². The highest BCUT2D eigenvalue weighted by molar-refractivity contribution is 6.25. The number of ether oxygens (including phenoxy) is 3. The fourth-order valence-corrected chi connectivity index (χ4v) is 7.65. The van der Waals surface area contributed by atoms with E-state index in [0.717, 1.165) is 10.7 Å². The summed E-state index contributed by atoms with van der Waals surface area (Å²) in [5.41, 5.74) is 8.56. The van der Waals surface area contributed by atoms with Crippen LogP contribution in [0, 0.1) is 11.8 Å². The third-order valence-electron chi connectivity index (χ3n) is 11.6. The summed E-state index contributed by atoms with van der Waals surface area (Å²) in [5, 5.41) is 8.52. The third kappa shape index (κ3) is 11.6. The number of hydrogen-bond acceptors (Lipinski definition) is 13. The molecule has 3 aromatic rings. The summed E-state index contributed by atoms with van der Waals surface area (Å²) in [5.74, 6) is -0.307. The number of nitrogen functional groups attached to an aromatic ring is 1. The van der Waals surface area contributed by atoms with Crippen LogP contribution in [0.15, 0.2) is 80.6 Å². The van der Waals surface area contributed by atoms with Crippen molar-refractivity contribution in [3.05, 3.63) is 97.4 Å². The molecule has 1 aromatic carbocycles. The van der Waals surface area contributed by atoms with Gasteiger partial charge in [-0.2, -0.15) is 0 Å². The fraction of sp³-hybridized carbons (Fsp3) is 0.426. The maximum Gasteiger partial charge on any atom is 0.264 e. The molecule has 342 valence electrons. The number of piperidine rings is 1. The van der Waals surface area contributed by atoms with Gasteiger partial charge in [0.05, 0.1) is 62.8 Å². The lowest BCUT2D eigenvalue weighted by Crippen LogP contribution is -2.54. The highest BCUT2D eigenvalue weighted by Crippen LogP contribution is 2.39. The van der Waals surface area contributed by atoms with Crippen LogP contribution in [-0.2, 0) is 28.6 Å². The maximum atomic E-state index is 13.4. The van der Waals surface area contributed by atoms with Gasteiger partial charge in [-0.1, -0.05) is 57.4 Å². The van der Waals surface area contributed by atoms with Crippen molar-refractivity contribution in [2.75, 3.05) is 69.2 Å². The molecular weight excluding hydrogens is 819 g/mol. The predicted molar refractivity (Wildman–Crippen MR) is 246 cm³/mol. The minimum absolute atomic E-state index is 0.0481. The molecule has 4 heterocycles. The lowest BCUT2D eigenvalue weighted by atomic mass is 9.89. The summed E-state index contributed by atoms with van der Waals surface area (Å²) >= 11 is 0. The Morgan fingerprint density at radius 1 is 0.984 bits per heavy atom. The summed E-state index contributed by atoms with van der Waals surface area (Å²) in [6.45, 7) is 20.4. The van der Waals surface area contributed by atoms with E-state index in [1.54, 1.807) is 36.5 Å². The molecule has 2 aliphatic rings. The zero-order valence-electron chi connectivity index (χ0n) is 37.2. The normalized spacial score (nSPS) is 16.8. The van der Waals surface area contributed by atoms with Gasteiger partial charge in [-0.15, -0.1) is 6.58 Å². The van der Waals surface area contributed by atoms with Crippen LogP contribution in [0.5, 0.6) is 0 Å². The molecule has 17 nitrogen and oxygen atoms in total. The van der Waals surface area contributed by atoms with E-state index in [4.69, 9.17) is 24.9 Å². The van der Waals surface area contributed by atoms with Crippen molar-refractivity contribution in [3.63, 3.8) is 0 Å². The molecule has 5 N–H and O–H groups in total. The van der Waals surface area contributed by atoms with Crippen LogP contribution >= 0.6 is 0 Å². The summed E-state index contributed by atoms with van der Waals surface area (Å²) in [4.78, 5) is 76.0. The molecule has 1 saturated heterocycles. The second-order valence-electron chi connectivity index (χ2n) is 15.6. The topological polar surface area (TPSA) is 212 Å². The number of carbonyl (C=O) groups excluding carboxylic acids is 5. The monoisotopic (exact) mass is 879 g/mol. The van der Waals surface area contributed by atoms with Gasteiger partial charge in [-0.25, -0.2) is 9.97 Å². The second kappa shape index (κ2) is 23.3. The number of imidazole rings is 1. The first kappa shape index (κ1) is 48.6. The molecule has 0 bridgehead atoms. The van der Waals surface area contributed by atoms with Crippen molar-refractivity contribution >= 4 is 52.9 Å². The van der Waals surface area contributed by atoms with Gasteiger partial charge in [0, 0.05) is 44.4 Å². The summed E-state index contributed by atoms with van der Waals surface area (Å²) < 4.78 is 19.2. The van der Waals surface area contributed by atoms with E-state index in [2.05, 4.69) is 66.0 Å². The average Bonchev–Trinajstić information content (AvgIpc) is 3.79. The predicted octanol–water partition coefficient (Wildman–Crippen LogP) is 5.15. The van der Waals surface area contributed by atoms with Gasteiger partial charge in [-0.05, 0) is 55.5 Å². The number of hydrogen-bond donors (Lipinski definition) is 4. The number of fused-ring (bicyclic) bond motifs is 1. The van der Waals surface area contributed by atoms with Crippen molar-refractivity contribution in [1.82, 2.24) is 30.1 Å². The first-order valence-electron chi connectivity index (χ1n) is 21.5. The van der Waals surface area contributed by atoms with E-state index in [0.29, 0.717) is 68.0 Å². The Labute approximate surface area is 374 Å². The van der Waals surface area contributed by atoms with Crippen molar-refractivity contribution in [2.45, 2.75) is 64.7 Å². The van der Waals surface area contributed by atoms with Crippen LogP contribution in [0.4, 0.5) is 17.3 Å². The van der Waals surface area contributed by atoms with Crippen molar-refractivity contribution in [3.8, 4) is 11.4 Å². The Hall–Kier alpha value is -6.43. The van der Waals surface area contributed by atoms with Gasteiger partial charge in [0.2, 0.25) is 17.7 Å². The first-order valence-corrected chi connectivity index (χ1v) is 21.5. The fourth-order valence-electron chi connectivity index (χ4n) is 7.65. The molecule has 0 saturated carbocycles. The van der Waals surface area contributed by atoms with E-state index in [-0.39, 0.29) is 67.4 Å². The number of allylic oxidation sites excluding steroid dienone is 3. The molecule has 3 unspecified atom stereocenters. The molecule has 5 amide bonds. The molecule has 17 heteroatoms.